The van der Waals surface area contributed by atoms with Crippen molar-refractivity contribution in [2.75, 3.05) is 28.4 Å². The monoisotopic (exact) mass is 148 g/mol. The average molecular weight is 148 g/mol. The maximum Gasteiger partial charge on any atom is 0.363 e. The molecule has 0 atom stereocenters. The van der Waals surface area contributed by atoms with Gasteiger partial charge in [0.15, 0.2) is 0 Å². The SMILES string of the molecule is COC(OC)=C(OC)OC. The van der Waals surface area contributed by atoms with Gasteiger partial charge in [0.2, 0.25) is 0 Å². The molecule has 0 aliphatic heterocycles. The van der Waals surface area contributed by atoms with E-state index in [2.05, 4.69) is 0 Å². The summed E-state index contributed by atoms with van der Waals surface area (Å²) in [4.78, 5) is 0. The van der Waals surface area contributed by atoms with Crippen LogP contribution in [0.4, 0.5) is 0 Å². The lowest BCUT2D eigenvalue weighted by Gasteiger charge is -2.08. The fourth-order valence-corrected chi connectivity index (χ4v) is 0.500. The van der Waals surface area contributed by atoms with Crippen LogP contribution in [0.1, 0.15) is 0 Å². The van der Waals surface area contributed by atoms with Crippen LogP contribution in [0.5, 0.6) is 0 Å². The average Bonchev–Trinajstić information content (AvgIpc) is 2.00. The summed E-state index contributed by atoms with van der Waals surface area (Å²) in [5.41, 5.74) is 0. The van der Waals surface area contributed by atoms with Gasteiger partial charge in [-0.15, -0.1) is 0 Å². The summed E-state index contributed by atoms with van der Waals surface area (Å²) in [6.45, 7) is 0. The summed E-state index contributed by atoms with van der Waals surface area (Å²) in [5, 5.41) is 0. The van der Waals surface area contributed by atoms with Crippen molar-refractivity contribution in [3.8, 4) is 0 Å². The van der Waals surface area contributed by atoms with Crippen molar-refractivity contribution < 1.29 is 18.9 Å². The van der Waals surface area contributed by atoms with Crippen LogP contribution in [-0.2, 0) is 18.9 Å². The molecule has 0 aromatic rings. The van der Waals surface area contributed by atoms with Crippen molar-refractivity contribution >= 4 is 0 Å². The van der Waals surface area contributed by atoms with E-state index >= 15 is 0 Å². The van der Waals surface area contributed by atoms with E-state index in [1.54, 1.807) is 0 Å². The van der Waals surface area contributed by atoms with Crippen LogP contribution in [0.15, 0.2) is 11.9 Å². The van der Waals surface area contributed by atoms with Crippen LogP contribution < -0.4 is 0 Å². The molecule has 0 spiro atoms. The summed E-state index contributed by atoms with van der Waals surface area (Å²) >= 11 is 0. The van der Waals surface area contributed by atoms with Gasteiger partial charge in [0.05, 0.1) is 28.4 Å². The molecule has 4 nitrogen and oxygen atoms in total. The van der Waals surface area contributed by atoms with E-state index in [1.807, 2.05) is 0 Å². The van der Waals surface area contributed by atoms with Crippen molar-refractivity contribution in [1.82, 2.24) is 0 Å². The molecule has 0 amide bonds. The highest BCUT2D eigenvalue weighted by Crippen LogP contribution is 2.06. The van der Waals surface area contributed by atoms with Gasteiger partial charge >= 0.3 is 11.9 Å². The second kappa shape index (κ2) is 4.78. The zero-order chi connectivity index (χ0) is 7.98. The topological polar surface area (TPSA) is 36.9 Å². The summed E-state index contributed by atoms with van der Waals surface area (Å²) in [6.07, 6.45) is 0. The molecule has 0 saturated carbocycles. The maximum atomic E-state index is 4.75. The highest BCUT2D eigenvalue weighted by Gasteiger charge is 2.07. The Morgan fingerprint density at radius 1 is 0.600 bits per heavy atom. The lowest BCUT2D eigenvalue weighted by Crippen LogP contribution is -2.00. The fraction of sp³-hybridized carbons (Fsp3) is 0.667. The van der Waals surface area contributed by atoms with Crippen LogP contribution in [-0.4, -0.2) is 28.4 Å². The normalized spacial score (nSPS) is 8.00. The fourth-order valence-electron chi connectivity index (χ4n) is 0.500. The Balaban J connectivity index is 4.20. The number of rotatable bonds is 4. The molecule has 0 aliphatic rings. The van der Waals surface area contributed by atoms with Gasteiger partial charge in [-0.05, 0) is 0 Å². The van der Waals surface area contributed by atoms with E-state index in [4.69, 9.17) is 18.9 Å². The van der Waals surface area contributed by atoms with Crippen molar-refractivity contribution in [2.24, 2.45) is 0 Å². The first-order chi connectivity index (χ1) is 4.79. The molecule has 60 valence electrons. The van der Waals surface area contributed by atoms with Gasteiger partial charge in [0, 0.05) is 0 Å². The minimum Gasteiger partial charge on any atom is -0.464 e. The summed E-state index contributed by atoms with van der Waals surface area (Å²) < 4.78 is 19.0. The molecule has 0 fully saturated rings. The van der Waals surface area contributed by atoms with Crippen LogP contribution in [0.2, 0.25) is 0 Å². The summed E-state index contributed by atoms with van der Waals surface area (Å²) in [6, 6.07) is 0. The first-order valence-corrected chi connectivity index (χ1v) is 2.70. The number of hydrogen-bond acceptors (Lipinski definition) is 4. The third-order valence-electron chi connectivity index (χ3n) is 0.908. The minimum absolute atomic E-state index is 0.227. The molecular weight excluding hydrogens is 136 g/mol. The van der Waals surface area contributed by atoms with Gasteiger partial charge in [-0.25, -0.2) is 0 Å². The van der Waals surface area contributed by atoms with Crippen LogP contribution in [0.3, 0.4) is 0 Å². The third kappa shape index (κ3) is 2.05. The maximum absolute atomic E-state index is 4.75. The Bertz CT molecular complexity index is 92.9. The van der Waals surface area contributed by atoms with Gasteiger partial charge in [0.25, 0.3) is 0 Å². The molecule has 4 heteroatoms. The van der Waals surface area contributed by atoms with Gasteiger partial charge < -0.3 is 18.9 Å². The Kier molecular flexibility index (Phi) is 4.28. The summed E-state index contributed by atoms with van der Waals surface area (Å²) in [5.74, 6) is 0.454. The second-order valence-corrected chi connectivity index (χ2v) is 1.39. The van der Waals surface area contributed by atoms with Crippen LogP contribution in [0.25, 0.3) is 0 Å². The van der Waals surface area contributed by atoms with Crippen molar-refractivity contribution in [2.45, 2.75) is 0 Å². The van der Waals surface area contributed by atoms with E-state index in [0.717, 1.165) is 0 Å². The molecule has 0 aliphatic carbocycles. The molecule has 0 unspecified atom stereocenters. The molecule has 0 saturated heterocycles. The van der Waals surface area contributed by atoms with E-state index in [9.17, 15) is 0 Å². The standard InChI is InChI=1S/C6H12O4/c1-7-5(8-2)6(9-3)10-4/h1-4H3. The lowest BCUT2D eigenvalue weighted by molar-refractivity contribution is 0.00721. The predicted molar refractivity (Wildman–Crippen MR) is 35.1 cm³/mol. The molecule has 0 bridgehead atoms. The van der Waals surface area contributed by atoms with E-state index in [1.165, 1.54) is 28.4 Å². The van der Waals surface area contributed by atoms with Crippen molar-refractivity contribution in [3.63, 3.8) is 0 Å². The zero-order valence-electron chi connectivity index (χ0n) is 6.63. The zero-order valence-corrected chi connectivity index (χ0v) is 6.63. The first kappa shape index (κ1) is 8.94. The lowest BCUT2D eigenvalue weighted by atomic mass is 10.8. The van der Waals surface area contributed by atoms with E-state index < -0.39 is 0 Å². The van der Waals surface area contributed by atoms with E-state index in [0.29, 0.717) is 0 Å². The smallest absolute Gasteiger partial charge is 0.363 e. The molecule has 0 N–H and O–H groups in total. The molecular formula is C6H12O4. The Hall–Kier alpha value is -1.06. The highest BCUT2D eigenvalue weighted by molar-refractivity contribution is 4.84. The number of methoxy groups -OCH3 is 4. The first-order valence-electron chi connectivity index (χ1n) is 2.70. The molecule has 0 aromatic heterocycles. The Labute approximate surface area is 60.3 Å². The number of hydrogen-bond donors (Lipinski definition) is 0. The van der Waals surface area contributed by atoms with Gasteiger partial charge in [-0.2, -0.15) is 0 Å². The summed E-state index contributed by atoms with van der Waals surface area (Å²) in [7, 11) is 5.88. The van der Waals surface area contributed by atoms with Crippen molar-refractivity contribution in [3.05, 3.63) is 11.9 Å². The predicted octanol–water partition coefficient (Wildman–Crippen LogP) is 0.699. The van der Waals surface area contributed by atoms with Gasteiger partial charge in [0.1, 0.15) is 0 Å². The Morgan fingerprint density at radius 3 is 0.900 bits per heavy atom. The minimum atomic E-state index is 0.227. The Morgan fingerprint density at radius 2 is 0.800 bits per heavy atom. The largest absolute Gasteiger partial charge is 0.464 e. The molecule has 10 heavy (non-hydrogen) atoms. The van der Waals surface area contributed by atoms with Gasteiger partial charge in [-0.1, -0.05) is 0 Å². The van der Waals surface area contributed by atoms with Crippen LogP contribution >= 0.6 is 0 Å². The second-order valence-electron chi connectivity index (χ2n) is 1.39. The van der Waals surface area contributed by atoms with Crippen molar-refractivity contribution in [1.29, 1.82) is 0 Å². The highest BCUT2D eigenvalue weighted by atomic mass is 16.7. The molecule has 0 rings (SSSR count). The third-order valence-corrected chi connectivity index (χ3v) is 0.908. The van der Waals surface area contributed by atoms with Gasteiger partial charge in [-0.3, -0.25) is 0 Å². The number of ether oxygens (including phenoxy) is 4. The van der Waals surface area contributed by atoms with Crippen LogP contribution in [0, 0.1) is 0 Å². The molecule has 0 aromatic carbocycles. The molecule has 0 heterocycles. The quantitative estimate of drug-likeness (QED) is 0.550. The van der Waals surface area contributed by atoms with E-state index in [-0.39, 0.29) is 11.9 Å². The molecule has 0 radical (unpaired) electrons.